The third-order valence-corrected chi connectivity index (χ3v) is 3.91. The van der Waals surface area contributed by atoms with Gasteiger partial charge in [-0.25, -0.2) is 0 Å². The molecule has 0 aliphatic heterocycles. The van der Waals surface area contributed by atoms with E-state index >= 15 is 0 Å². The van der Waals surface area contributed by atoms with Gasteiger partial charge in [-0.2, -0.15) is 0 Å². The first-order valence-electron chi connectivity index (χ1n) is 7.68. The number of rotatable bonds is 7. The van der Waals surface area contributed by atoms with Gasteiger partial charge < -0.3 is 14.7 Å². The molecule has 0 saturated heterocycles. The smallest absolute Gasteiger partial charge is 0.119 e. The zero-order valence-electron chi connectivity index (χ0n) is 13.6. The predicted molar refractivity (Wildman–Crippen MR) is 90.7 cm³/mol. The quantitative estimate of drug-likeness (QED) is 0.842. The summed E-state index contributed by atoms with van der Waals surface area (Å²) < 4.78 is 5.32. The van der Waals surface area contributed by atoms with Crippen LogP contribution in [0.3, 0.4) is 0 Å². The SMILES string of the molecule is COc1ccc(O)c(C(CCCN(C)C)c2ccccc2)c1. The Bertz CT molecular complexity index is 581. The zero-order valence-corrected chi connectivity index (χ0v) is 13.6. The molecule has 0 aliphatic rings. The Balaban J connectivity index is 2.31. The summed E-state index contributed by atoms with van der Waals surface area (Å²) >= 11 is 0. The molecule has 0 saturated carbocycles. The van der Waals surface area contributed by atoms with E-state index < -0.39 is 0 Å². The maximum Gasteiger partial charge on any atom is 0.119 e. The average Bonchev–Trinajstić information content (AvgIpc) is 2.53. The van der Waals surface area contributed by atoms with Crippen molar-refractivity contribution in [3.63, 3.8) is 0 Å². The van der Waals surface area contributed by atoms with Crippen LogP contribution >= 0.6 is 0 Å². The number of phenolic OH excluding ortho intramolecular Hbond substituents is 1. The lowest BCUT2D eigenvalue weighted by Gasteiger charge is -2.21. The summed E-state index contributed by atoms with van der Waals surface area (Å²) in [5, 5.41) is 10.3. The van der Waals surface area contributed by atoms with E-state index in [1.54, 1.807) is 19.2 Å². The fourth-order valence-corrected chi connectivity index (χ4v) is 2.74. The molecule has 0 spiro atoms. The molecule has 0 fully saturated rings. The van der Waals surface area contributed by atoms with Crippen molar-refractivity contribution in [1.29, 1.82) is 0 Å². The average molecular weight is 299 g/mol. The molecule has 2 aromatic rings. The Morgan fingerprint density at radius 3 is 2.45 bits per heavy atom. The third-order valence-electron chi connectivity index (χ3n) is 3.91. The van der Waals surface area contributed by atoms with Crippen LogP contribution in [-0.4, -0.2) is 37.8 Å². The topological polar surface area (TPSA) is 32.7 Å². The lowest BCUT2D eigenvalue weighted by atomic mass is 9.86. The molecule has 0 aliphatic carbocycles. The molecule has 1 N–H and O–H groups in total. The Kier molecular flexibility index (Phi) is 5.84. The van der Waals surface area contributed by atoms with Crippen molar-refractivity contribution < 1.29 is 9.84 Å². The molecule has 0 bridgehead atoms. The predicted octanol–water partition coefficient (Wildman–Crippen LogP) is 3.87. The first-order valence-corrected chi connectivity index (χ1v) is 7.68. The van der Waals surface area contributed by atoms with Gasteiger partial charge in [0.25, 0.3) is 0 Å². The molecule has 118 valence electrons. The van der Waals surface area contributed by atoms with Crippen LogP contribution in [0.1, 0.15) is 29.9 Å². The summed E-state index contributed by atoms with van der Waals surface area (Å²) in [6.45, 7) is 1.04. The monoisotopic (exact) mass is 299 g/mol. The standard InChI is InChI=1S/C19H25NO2/c1-20(2)13-7-10-17(15-8-5-4-6-9-15)18-14-16(22-3)11-12-19(18)21/h4-6,8-9,11-12,14,17,21H,7,10,13H2,1-3H3. The molecule has 1 atom stereocenters. The second-order valence-corrected chi connectivity index (χ2v) is 5.83. The molecule has 1 unspecified atom stereocenters. The lowest BCUT2D eigenvalue weighted by Crippen LogP contribution is -2.14. The van der Waals surface area contributed by atoms with Crippen LogP contribution < -0.4 is 4.74 Å². The minimum absolute atomic E-state index is 0.177. The first-order chi connectivity index (χ1) is 10.6. The van der Waals surface area contributed by atoms with Gasteiger partial charge in [-0.1, -0.05) is 30.3 Å². The number of benzene rings is 2. The normalized spacial score (nSPS) is 12.4. The van der Waals surface area contributed by atoms with Gasteiger partial charge in [0.1, 0.15) is 11.5 Å². The van der Waals surface area contributed by atoms with Gasteiger partial charge in [0, 0.05) is 11.5 Å². The van der Waals surface area contributed by atoms with Gasteiger partial charge in [-0.3, -0.25) is 0 Å². The van der Waals surface area contributed by atoms with Gasteiger partial charge in [-0.05, 0) is 57.2 Å². The summed E-state index contributed by atoms with van der Waals surface area (Å²) in [4.78, 5) is 2.19. The number of nitrogens with zero attached hydrogens (tertiary/aromatic N) is 1. The molecule has 2 rings (SSSR count). The Morgan fingerprint density at radius 1 is 1.09 bits per heavy atom. The van der Waals surface area contributed by atoms with Crippen molar-refractivity contribution in [3.05, 3.63) is 59.7 Å². The first kappa shape index (κ1) is 16.4. The summed E-state index contributed by atoms with van der Waals surface area (Å²) in [7, 11) is 5.82. The van der Waals surface area contributed by atoms with Gasteiger partial charge in [0.05, 0.1) is 7.11 Å². The minimum atomic E-state index is 0.177. The maximum absolute atomic E-state index is 10.3. The largest absolute Gasteiger partial charge is 0.508 e. The van der Waals surface area contributed by atoms with E-state index in [0.29, 0.717) is 5.75 Å². The van der Waals surface area contributed by atoms with E-state index in [1.807, 2.05) is 24.3 Å². The van der Waals surface area contributed by atoms with Gasteiger partial charge in [-0.15, -0.1) is 0 Å². The number of aromatic hydroxyl groups is 1. The van der Waals surface area contributed by atoms with Gasteiger partial charge in [0.15, 0.2) is 0 Å². The summed E-state index contributed by atoms with van der Waals surface area (Å²) in [5.41, 5.74) is 2.16. The summed E-state index contributed by atoms with van der Waals surface area (Å²) in [6.07, 6.45) is 2.06. The summed E-state index contributed by atoms with van der Waals surface area (Å²) in [6, 6.07) is 15.8. The number of ether oxygens (including phenoxy) is 1. The lowest BCUT2D eigenvalue weighted by molar-refractivity contribution is 0.386. The molecule has 0 radical (unpaired) electrons. The Hall–Kier alpha value is -2.00. The number of methoxy groups -OCH3 is 1. The van der Waals surface area contributed by atoms with Crippen molar-refractivity contribution >= 4 is 0 Å². The molecule has 3 heteroatoms. The highest BCUT2D eigenvalue weighted by Gasteiger charge is 2.18. The molecule has 0 aromatic heterocycles. The third kappa shape index (κ3) is 4.25. The van der Waals surface area contributed by atoms with Crippen LogP contribution in [0.2, 0.25) is 0 Å². The van der Waals surface area contributed by atoms with Gasteiger partial charge in [0.2, 0.25) is 0 Å². The molecule has 0 amide bonds. The zero-order chi connectivity index (χ0) is 15.9. The van der Waals surface area contributed by atoms with Gasteiger partial charge >= 0.3 is 0 Å². The van der Waals surface area contributed by atoms with Crippen LogP contribution in [0.5, 0.6) is 11.5 Å². The fourth-order valence-electron chi connectivity index (χ4n) is 2.74. The highest BCUT2D eigenvalue weighted by atomic mass is 16.5. The highest BCUT2D eigenvalue weighted by Crippen LogP contribution is 2.36. The van der Waals surface area contributed by atoms with Crippen molar-refractivity contribution in [2.24, 2.45) is 0 Å². The second kappa shape index (κ2) is 7.85. The van der Waals surface area contributed by atoms with Crippen molar-refractivity contribution in [3.8, 4) is 11.5 Å². The Morgan fingerprint density at radius 2 is 1.82 bits per heavy atom. The fraction of sp³-hybridized carbons (Fsp3) is 0.368. The number of hydrogen-bond donors (Lipinski definition) is 1. The Labute approximate surface area is 133 Å². The van der Waals surface area contributed by atoms with E-state index in [1.165, 1.54) is 5.56 Å². The number of phenols is 1. The van der Waals surface area contributed by atoms with Crippen LogP contribution in [0.4, 0.5) is 0 Å². The molecular formula is C19H25NO2. The maximum atomic E-state index is 10.3. The van der Waals surface area contributed by atoms with Crippen LogP contribution in [0.15, 0.2) is 48.5 Å². The van der Waals surface area contributed by atoms with E-state index in [2.05, 4.69) is 31.1 Å². The second-order valence-electron chi connectivity index (χ2n) is 5.83. The van der Waals surface area contributed by atoms with E-state index in [0.717, 1.165) is 30.7 Å². The van der Waals surface area contributed by atoms with E-state index in [-0.39, 0.29) is 5.92 Å². The van der Waals surface area contributed by atoms with Crippen LogP contribution in [0.25, 0.3) is 0 Å². The molecule has 3 nitrogen and oxygen atoms in total. The molecular weight excluding hydrogens is 274 g/mol. The van der Waals surface area contributed by atoms with Crippen molar-refractivity contribution in [2.75, 3.05) is 27.7 Å². The van der Waals surface area contributed by atoms with Crippen molar-refractivity contribution in [2.45, 2.75) is 18.8 Å². The van der Waals surface area contributed by atoms with Crippen LogP contribution in [0, 0.1) is 0 Å². The van der Waals surface area contributed by atoms with E-state index in [9.17, 15) is 5.11 Å². The van der Waals surface area contributed by atoms with Crippen LogP contribution in [-0.2, 0) is 0 Å². The highest BCUT2D eigenvalue weighted by molar-refractivity contribution is 5.45. The molecule has 22 heavy (non-hydrogen) atoms. The molecule has 2 aromatic carbocycles. The van der Waals surface area contributed by atoms with Crippen molar-refractivity contribution in [1.82, 2.24) is 4.90 Å². The summed E-state index contributed by atoms with van der Waals surface area (Å²) in [5.74, 6) is 1.29. The number of hydrogen-bond acceptors (Lipinski definition) is 3. The molecule has 0 heterocycles. The minimum Gasteiger partial charge on any atom is -0.508 e. The van der Waals surface area contributed by atoms with E-state index in [4.69, 9.17) is 4.74 Å².